The Morgan fingerprint density at radius 3 is 2.15 bits per heavy atom. The Morgan fingerprint density at radius 1 is 1.54 bits per heavy atom. The van der Waals surface area contributed by atoms with Gasteiger partial charge in [0, 0.05) is 12.0 Å². The van der Waals surface area contributed by atoms with Gasteiger partial charge in [0.2, 0.25) is 0 Å². The van der Waals surface area contributed by atoms with Crippen LogP contribution in [-0.2, 0) is 20.9 Å². The third-order valence-corrected chi connectivity index (χ3v) is 2.95. The molecule has 4 nitrogen and oxygen atoms in total. The van der Waals surface area contributed by atoms with Crippen LogP contribution < -0.4 is 29.6 Å². The molecule has 0 aromatic heterocycles. The van der Waals surface area contributed by atoms with E-state index < -0.39 is 38.1 Å². The Balaban J connectivity index is 0. The average Bonchev–Trinajstić information content (AvgIpc) is 1.48. The number of halogens is 1. The zero-order valence-electron chi connectivity index (χ0n) is 7.74. The van der Waals surface area contributed by atoms with E-state index in [9.17, 15) is 21.6 Å². The zero-order chi connectivity index (χ0) is 9.99. The molecule has 0 radical (unpaired) electrons. The summed E-state index contributed by atoms with van der Waals surface area (Å²) >= 11 is -2.56. The van der Waals surface area contributed by atoms with Crippen LogP contribution in [0.25, 0.3) is 0 Å². The second kappa shape index (κ2) is 5.77. The van der Waals surface area contributed by atoms with Gasteiger partial charge in [-0.3, -0.25) is 4.21 Å². The molecule has 0 amide bonds. The Labute approximate surface area is 102 Å². The van der Waals surface area contributed by atoms with E-state index >= 15 is 0 Å². The number of alkyl halides is 1. The van der Waals surface area contributed by atoms with Crippen LogP contribution in [0.4, 0.5) is 4.39 Å². The van der Waals surface area contributed by atoms with Crippen molar-refractivity contribution in [2.45, 2.75) is 12.6 Å². The zero-order valence-corrected chi connectivity index (χ0v) is 11.4. The number of hydrogen-bond acceptors (Lipinski definition) is 4. The molecule has 74 valence electrons. The van der Waals surface area contributed by atoms with Crippen molar-refractivity contribution in [3.63, 3.8) is 0 Å². The molecule has 8 heteroatoms. The SMILES string of the molecule is CC(F)(CS(=O)[O-])CS(C)(=O)=O.[Na+]. The maximum absolute atomic E-state index is 13.1. The van der Waals surface area contributed by atoms with Crippen molar-refractivity contribution in [3.8, 4) is 0 Å². The minimum absolute atomic E-state index is 0. The van der Waals surface area contributed by atoms with E-state index in [2.05, 4.69) is 0 Å². The van der Waals surface area contributed by atoms with Crippen molar-refractivity contribution in [1.29, 1.82) is 0 Å². The van der Waals surface area contributed by atoms with Gasteiger partial charge in [0.05, 0.1) is 5.75 Å². The molecule has 0 spiro atoms. The summed E-state index contributed by atoms with van der Waals surface area (Å²) in [5.74, 6) is -1.56. The summed E-state index contributed by atoms with van der Waals surface area (Å²) in [7, 11) is -3.48. The molecule has 0 fully saturated rings. The third-order valence-electron chi connectivity index (χ3n) is 0.982. The monoisotopic (exact) mass is 240 g/mol. The second-order valence-corrected chi connectivity index (χ2v) is 5.97. The van der Waals surface area contributed by atoms with Gasteiger partial charge in [-0.05, 0) is 6.92 Å². The number of sulfone groups is 1. The van der Waals surface area contributed by atoms with Crippen LogP contribution in [0.5, 0.6) is 0 Å². The molecule has 0 aliphatic heterocycles. The van der Waals surface area contributed by atoms with E-state index in [4.69, 9.17) is 0 Å². The Bertz CT molecular complexity index is 274. The standard InChI is InChI=1S/C5H11FO4S2.Na/c1-5(6,3-11(7)8)4-12(2,9)10;/h3-4H2,1-2H3,(H,7,8);/q;+1/p-1. The second-order valence-electron chi connectivity index (χ2n) is 2.93. The van der Waals surface area contributed by atoms with Crippen LogP contribution in [0.3, 0.4) is 0 Å². The van der Waals surface area contributed by atoms with Crippen molar-refractivity contribution in [2.75, 3.05) is 17.8 Å². The molecular formula is C5H10FNaO4S2. The van der Waals surface area contributed by atoms with E-state index in [-0.39, 0.29) is 29.6 Å². The van der Waals surface area contributed by atoms with Gasteiger partial charge in [-0.1, -0.05) is 11.1 Å². The molecule has 0 aliphatic carbocycles. The van der Waals surface area contributed by atoms with Gasteiger partial charge < -0.3 is 4.55 Å². The quantitative estimate of drug-likeness (QED) is 0.380. The van der Waals surface area contributed by atoms with Crippen LogP contribution >= 0.6 is 0 Å². The average molecular weight is 240 g/mol. The molecule has 13 heavy (non-hydrogen) atoms. The summed E-state index contributed by atoms with van der Waals surface area (Å²) < 4.78 is 54.4. The maximum Gasteiger partial charge on any atom is 1.00 e. The molecule has 0 rings (SSSR count). The third kappa shape index (κ3) is 10.9. The molecule has 0 saturated carbocycles. The molecule has 0 saturated heterocycles. The maximum atomic E-state index is 13.1. The van der Waals surface area contributed by atoms with Gasteiger partial charge in [-0.25, -0.2) is 12.8 Å². The summed E-state index contributed by atoms with van der Waals surface area (Å²) in [6.45, 7) is 0.948. The van der Waals surface area contributed by atoms with E-state index in [0.717, 1.165) is 13.2 Å². The first kappa shape index (κ1) is 16.4. The minimum atomic E-state index is -3.48. The summed E-state index contributed by atoms with van der Waals surface area (Å²) in [5.41, 5.74) is -2.19. The topological polar surface area (TPSA) is 74.3 Å². The van der Waals surface area contributed by atoms with Crippen LogP contribution in [-0.4, -0.2) is 40.6 Å². The molecule has 0 N–H and O–H groups in total. The van der Waals surface area contributed by atoms with Crippen LogP contribution in [0, 0.1) is 0 Å². The summed E-state index contributed by atoms with van der Waals surface area (Å²) in [6, 6.07) is 0. The fourth-order valence-corrected chi connectivity index (χ4v) is 2.75. The Kier molecular flexibility index (Phi) is 7.29. The summed E-state index contributed by atoms with van der Waals surface area (Å²) in [6.07, 6.45) is 0.860. The van der Waals surface area contributed by atoms with Gasteiger partial charge in [0.25, 0.3) is 0 Å². The van der Waals surface area contributed by atoms with Crippen LogP contribution in [0.15, 0.2) is 0 Å². The fourth-order valence-electron chi connectivity index (χ4n) is 0.834. The van der Waals surface area contributed by atoms with Crippen molar-refractivity contribution in [3.05, 3.63) is 0 Å². The largest absolute Gasteiger partial charge is 1.00 e. The first-order chi connectivity index (χ1) is 5.12. The van der Waals surface area contributed by atoms with E-state index in [0.29, 0.717) is 0 Å². The fraction of sp³-hybridized carbons (Fsp3) is 1.00. The Hall–Kier alpha value is 0.990. The van der Waals surface area contributed by atoms with Gasteiger partial charge >= 0.3 is 29.6 Å². The van der Waals surface area contributed by atoms with Gasteiger partial charge in [-0.2, -0.15) is 0 Å². The first-order valence-corrected chi connectivity index (χ1v) is 6.35. The van der Waals surface area contributed by atoms with Gasteiger partial charge in [0.1, 0.15) is 5.67 Å². The predicted octanol–water partition coefficient (Wildman–Crippen LogP) is -3.36. The van der Waals surface area contributed by atoms with Crippen molar-refractivity contribution in [1.82, 2.24) is 0 Å². The molecule has 0 heterocycles. The summed E-state index contributed by atoms with van der Waals surface area (Å²) in [4.78, 5) is 0. The molecule has 0 aromatic carbocycles. The molecule has 0 bridgehead atoms. The predicted molar refractivity (Wildman–Crippen MR) is 43.0 cm³/mol. The van der Waals surface area contributed by atoms with Gasteiger partial charge in [-0.15, -0.1) is 0 Å². The van der Waals surface area contributed by atoms with Crippen molar-refractivity contribution < 1.29 is 51.1 Å². The number of hydrogen-bond donors (Lipinski definition) is 0. The molecule has 2 unspecified atom stereocenters. The first-order valence-electron chi connectivity index (χ1n) is 3.05. The Morgan fingerprint density at radius 2 is 1.92 bits per heavy atom. The van der Waals surface area contributed by atoms with E-state index in [1.54, 1.807) is 0 Å². The number of rotatable bonds is 4. The van der Waals surface area contributed by atoms with E-state index in [1.807, 2.05) is 0 Å². The molecule has 0 aliphatic rings. The normalized spacial score (nSPS) is 18.5. The minimum Gasteiger partial charge on any atom is -0.772 e. The van der Waals surface area contributed by atoms with Crippen molar-refractivity contribution in [2.24, 2.45) is 0 Å². The smallest absolute Gasteiger partial charge is 0.772 e. The van der Waals surface area contributed by atoms with E-state index in [1.165, 1.54) is 0 Å². The molecular weight excluding hydrogens is 230 g/mol. The summed E-state index contributed by atoms with van der Waals surface area (Å²) in [5, 5.41) is 0. The molecule has 2 atom stereocenters. The van der Waals surface area contributed by atoms with Crippen LogP contribution in [0.1, 0.15) is 6.92 Å². The van der Waals surface area contributed by atoms with Gasteiger partial charge in [0.15, 0.2) is 9.84 Å². The molecule has 0 aromatic rings. The van der Waals surface area contributed by atoms with Crippen molar-refractivity contribution >= 4 is 20.9 Å². The van der Waals surface area contributed by atoms with Crippen LogP contribution in [0.2, 0.25) is 0 Å².